The Morgan fingerprint density at radius 3 is 2.71 bits per heavy atom. The molecule has 0 aliphatic carbocycles. The van der Waals surface area contributed by atoms with E-state index in [1.54, 1.807) is 36.4 Å². The molecule has 21 heavy (non-hydrogen) atoms. The first-order valence-corrected chi connectivity index (χ1v) is 6.48. The van der Waals surface area contributed by atoms with Crippen molar-refractivity contribution in [3.63, 3.8) is 0 Å². The van der Waals surface area contributed by atoms with Gasteiger partial charge in [0.15, 0.2) is 11.5 Å². The van der Waals surface area contributed by atoms with Gasteiger partial charge in [0, 0.05) is 6.08 Å². The predicted molar refractivity (Wildman–Crippen MR) is 76.6 cm³/mol. The lowest BCUT2D eigenvalue weighted by Gasteiger charge is -2.25. The molecule has 1 aliphatic rings. The fourth-order valence-corrected chi connectivity index (χ4v) is 1.65. The van der Waals surface area contributed by atoms with Crippen molar-refractivity contribution in [1.29, 1.82) is 0 Å². The van der Waals surface area contributed by atoms with Crippen LogP contribution < -0.4 is 20.3 Å². The number of benzene rings is 1. The third-order valence-corrected chi connectivity index (χ3v) is 2.66. The number of hydrazine groups is 1. The number of amides is 2. The van der Waals surface area contributed by atoms with Crippen molar-refractivity contribution in [3.8, 4) is 11.5 Å². The molecule has 1 aromatic rings. The van der Waals surface area contributed by atoms with Gasteiger partial charge in [-0.1, -0.05) is 30.4 Å². The van der Waals surface area contributed by atoms with E-state index in [1.807, 2.05) is 13.0 Å². The molecule has 110 valence electrons. The van der Waals surface area contributed by atoms with Gasteiger partial charge in [-0.2, -0.15) is 0 Å². The number of hydrogen-bond acceptors (Lipinski definition) is 4. The second kappa shape index (κ2) is 7.14. The summed E-state index contributed by atoms with van der Waals surface area (Å²) < 4.78 is 10.9. The smallest absolute Gasteiger partial charge is 0.283 e. The van der Waals surface area contributed by atoms with Crippen molar-refractivity contribution >= 4 is 11.8 Å². The van der Waals surface area contributed by atoms with Crippen LogP contribution in [0.1, 0.15) is 6.92 Å². The molecule has 2 N–H and O–H groups in total. The van der Waals surface area contributed by atoms with Crippen molar-refractivity contribution in [1.82, 2.24) is 10.9 Å². The maximum atomic E-state index is 11.9. The summed E-state index contributed by atoms with van der Waals surface area (Å²) in [6.07, 6.45) is 5.55. The molecular weight excluding hydrogens is 272 g/mol. The van der Waals surface area contributed by atoms with Gasteiger partial charge in [0.1, 0.15) is 6.61 Å². The quantitative estimate of drug-likeness (QED) is 0.496. The molecule has 0 spiro atoms. The molecule has 0 unspecified atom stereocenters. The number of carbonyl (C=O) groups is 2. The first kappa shape index (κ1) is 14.6. The Bertz CT molecular complexity index is 581. The summed E-state index contributed by atoms with van der Waals surface area (Å²) in [5.74, 6) is 0.193. The SMILES string of the molecule is C/C=C/C=C/C(=O)NNC(=O)[C@H]1COc2ccccc2O1. The van der Waals surface area contributed by atoms with Gasteiger partial charge in [-0.25, -0.2) is 0 Å². The van der Waals surface area contributed by atoms with Crippen molar-refractivity contribution in [2.75, 3.05) is 6.61 Å². The molecule has 1 atom stereocenters. The lowest BCUT2D eigenvalue weighted by Crippen LogP contribution is -2.50. The molecule has 0 aromatic heterocycles. The Kier molecular flexibility index (Phi) is 4.98. The van der Waals surface area contributed by atoms with Crippen molar-refractivity contribution in [2.24, 2.45) is 0 Å². The monoisotopic (exact) mass is 288 g/mol. The molecule has 0 saturated carbocycles. The number of nitrogens with one attached hydrogen (secondary N) is 2. The van der Waals surface area contributed by atoms with E-state index < -0.39 is 17.9 Å². The largest absolute Gasteiger partial charge is 0.485 e. The van der Waals surface area contributed by atoms with Crippen molar-refractivity contribution in [3.05, 3.63) is 48.6 Å². The third kappa shape index (κ3) is 4.10. The number of allylic oxidation sites excluding steroid dienone is 3. The van der Waals surface area contributed by atoms with Crippen LogP contribution in [0.25, 0.3) is 0 Å². The van der Waals surface area contributed by atoms with E-state index in [0.717, 1.165) is 0 Å². The van der Waals surface area contributed by atoms with Crippen LogP contribution in [0.4, 0.5) is 0 Å². The fourth-order valence-electron chi connectivity index (χ4n) is 1.65. The number of carbonyl (C=O) groups excluding carboxylic acids is 2. The number of rotatable bonds is 3. The Balaban J connectivity index is 1.84. The van der Waals surface area contributed by atoms with E-state index in [0.29, 0.717) is 11.5 Å². The Hall–Kier alpha value is -2.76. The number of para-hydroxylation sites is 2. The van der Waals surface area contributed by atoms with Gasteiger partial charge in [-0.05, 0) is 19.1 Å². The lowest BCUT2D eigenvalue weighted by atomic mass is 10.2. The second-order valence-corrected chi connectivity index (χ2v) is 4.23. The maximum absolute atomic E-state index is 11.9. The lowest BCUT2D eigenvalue weighted by molar-refractivity contribution is -0.134. The van der Waals surface area contributed by atoms with Crippen LogP contribution in [0.15, 0.2) is 48.6 Å². The van der Waals surface area contributed by atoms with Gasteiger partial charge in [0.2, 0.25) is 6.10 Å². The molecule has 1 aromatic carbocycles. The summed E-state index contributed by atoms with van der Waals surface area (Å²) in [6.45, 7) is 1.93. The molecule has 6 heteroatoms. The molecule has 1 heterocycles. The van der Waals surface area contributed by atoms with Crippen LogP contribution >= 0.6 is 0 Å². The molecule has 0 radical (unpaired) electrons. The Morgan fingerprint density at radius 2 is 1.95 bits per heavy atom. The van der Waals surface area contributed by atoms with Crippen molar-refractivity contribution in [2.45, 2.75) is 13.0 Å². The van der Waals surface area contributed by atoms with Crippen LogP contribution in [0.5, 0.6) is 11.5 Å². The summed E-state index contributed by atoms with van der Waals surface area (Å²) in [6, 6.07) is 7.08. The van der Waals surface area contributed by atoms with Gasteiger partial charge in [0.05, 0.1) is 0 Å². The van der Waals surface area contributed by atoms with Gasteiger partial charge < -0.3 is 9.47 Å². The zero-order valence-corrected chi connectivity index (χ0v) is 11.5. The highest BCUT2D eigenvalue weighted by Crippen LogP contribution is 2.30. The van der Waals surface area contributed by atoms with Gasteiger partial charge >= 0.3 is 0 Å². The molecule has 0 bridgehead atoms. The zero-order valence-electron chi connectivity index (χ0n) is 11.5. The van der Waals surface area contributed by atoms with Crippen molar-refractivity contribution < 1.29 is 19.1 Å². The summed E-state index contributed by atoms with van der Waals surface area (Å²) in [5.41, 5.74) is 4.56. The standard InChI is InChI=1S/C15H16N2O4/c1-2-3-4-9-14(18)16-17-15(19)13-10-20-11-7-5-6-8-12(11)21-13/h2-9,13H,10H2,1H3,(H,16,18)(H,17,19)/b3-2+,9-4+/t13-/m1/s1. The van der Waals surface area contributed by atoms with E-state index >= 15 is 0 Å². The summed E-state index contributed by atoms with van der Waals surface area (Å²) >= 11 is 0. The zero-order chi connectivity index (χ0) is 15.1. The molecule has 6 nitrogen and oxygen atoms in total. The topological polar surface area (TPSA) is 76.7 Å². The minimum absolute atomic E-state index is 0.0904. The average Bonchev–Trinajstić information content (AvgIpc) is 2.52. The summed E-state index contributed by atoms with van der Waals surface area (Å²) in [7, 11) is 0. The molecule has 1 aliphatic heterocycles. The minimum Gasteiger partial charge on any atom is -0.485 e. The summed E-state index contributed by atoms with van der Waals surface area (Å²) in [5, 5.41) is 0. The highest BCUT2D eigenvalue weighted by atomic mass is 16.6. The number of hydrogen-bond donors (Lipinski definition) is 2. The maximum Gasteiger partial charge on any atom is 0.283 e. The van der Waals surface area contributed by atoms with Crippen LogP contribution in [-0.4, -0.2) is 24.5 Å². The summed E-state index contributed by atoms with van der Waals surface area (Å²) in [4.78, 5) is 23.3. The molecule has 0 fully saturated rings. The Morgan fingerprint density at radius 1 is 1.19 bits per heavy atom. The van der Waals surface area contributed by atoms with E-state index in [2.05, 4.69) is 10.9 Å². The molecular formula is C15H16N2O4. The van der Waals surface area contributed by atoms with E-state index in [-0.39, 0.29) is 6.61 Å². The molecule has 2 rings (SSSR count). The molecule has 2 amide bonds. The highest BCUT2D eigenvalue weighted by molar-refractivity contribution is 5.90. The van der Waals surface area contributed by atoms with Crippen LogP contribution in [-0.2, 0) is 9.59 Å². The van der Waals surface area contributed by atoms with Crippen LogP contribution in [0.2, 0.25) is 0 Å². The first-order chi connectivity index (χ1) is 10.2. The second-order valence-electron chi connectivity index (χ2n) is 4.23. The average molecular weight is 288 g/mol. The third-order valence-electron chi connectivity index (χ3n) is 2.66. The van der Waals surface area contributed by atoms with Gasteiger partial charge in [0.25, 0.3) is 11.8 Å². The molecule has 0 saturated heterocycles. The van der Waals surface area contributed by atoms with E-state index in [1.165, 1.54) is 6.08 Å². The Labute approximate surface area is 122 Å². The van der Waals surface area contributed by atoms with Crippen LogP contribution in [0, 0.1) is 0 Å². The van der Waals surface area contributed by atoms with Gasteiger partial charge in [-0.15, -0.1) is 0 Å². The van der Waals surface area contributed by atoms with E-state index in [9.17, 15) is 9.59 Å². The normalized spacial score (nSPS) is 16.9. The number of fused-ring (bicyclic) bond motifs is 1. The first-order valence-electron chi connectivity index (χ1n) is 6.48. The predicted octanol–water partition coefficient (Wildman–Crippen LogP) is 1.11. The minimum atomic E-state index is -0.806. The van der Waals surface area contributed by atoms with E-state index in [4.69, 9.17) is 9.47 Å². The highest BCUT2D eigenvalue weighted by Gasteiger charge is 2.27. The van der Waals surface area contributed by atoms with Gasteiger partial charge in [-0.3, -0.25) is 20.4 Å². The number of ether oxygens (including phenoxy) is 2. The fraction of sp³-hybridized carbons (Fsp3) is 0.200. The van der Waals surface area contributed by atoms with Crippen LogP contribution in [0.3, 0.4) is 0 Å².